The van der Waals surface area contributed by atoms with Gasteiger partial charge in [-0.1, -0.05) is 20.8 Å². The summed E-state index contributed by atoms with van der Waals surface area (Å²) in [5, 5.41) is 9.99. The fourth-order valence-electron chi connectivity index (χ4n) is 1.05. The molecule has 1 aromatic rings. The van der Waals surface area contributed by atoms with Crippen molar-refractivity contribution >= 4 is 15.9 Å². The Bertz CT molecular complexity index is 278. The van der Waals surface area contributed by atoms with Crippen LogP contribution >= 0.6 is 15.9 Å². The summed E-state index contributed by atoms with van der Waals surface area (Å²) in [5.41, 5.74) is -0.152. The zero-order chi connectivity index (χ0) is 10.1. The van der Waals surface area contributed by atoms with Crippen LogP contribution in [0.25, 0.3) is 0 Å². The molecule has 0 fully saturated rings. The molecule has 3 heteroatoms. The maximum absolute atomic E-state index is 9.99. The molecule has 0 aliphatic heterocycles. The van der Waals surface area contributed by atoms with Gasteiger partial charge in [0.2, 0.25) is 0 Å². The van der Waals surface area contributed by atoms with E-state index in [1.165, 1.54) is 0 Å². The van der Waals surface area contributed by atoms with E-state index in [0.717, 1.165) is 10.9 Å². The van der Waals surface area contributed by atoms with Gasteiger partial charge in [0.1, 0.15) is 11.9 Å². The highest BCUT2D eigenvalue weighted by Crippen LogP contribution is 2.39. The molecule has 1 atom stereocenters. The van der Waals surface area contributed by atoms with Gasteiger partial charge < -0.3 is 9.52 Å². The summed E-state index contributed by atoms with van der Waals surface area (Å²) in [6.07, 6.45) is 1.93. The lowest BCUT2D eigenvalue weighted by molar-refractivity contribution is 0.0280. The molecule has 0 saturated heterocycles. The number of hydrogen-bond donors (Lipinski definition) is 1. The standard InChI is InChI=1S/C10H15BrO2/c1-4-10(2,3)9(12)8-7(11)5-6-13-8/h5-6,9,12H,4H2,1-3H3. The van der Waals surface area contributed by atoms with Gasteiger partial charge in [-0.25, -0.2) is 0 Å². The average Bonchev–Trinajstić information content (AvgIpc) is 2.50. The molecule has 1 aromatic heterocycles. The van der Waals surface area contributed by atoms with Gasteiger partial charge in [0, 0.05) is 0 Å². The van der Waals surface area contributed by atoms with Gasteiger partial charge in [-0.05, 0) is 33.8 Å². The van der Waals surface area contributed by atoms with E-state index in [9.17, 15) is 5.11 Å². The predicted molar refractivity (Wildman–Crippen MR) is 55.4 cm³/mol. The fourth-order valence-corrected chi connectivity index (χ4v) is 1.47. The largest absolute Gasteiger partial charge is 0.465 e. The molecule has 1 rings (SSSR count). The van der Waals surface area contributed by atoms with Crippen LogP contribution in [0.2, 0.25) is 0 Å². The Kier molecular flexibility index (Phi) is 3.19. The van der Waals surface area contributed by atoms with Crippen molar-refractivity contribution in [1.29, 1.82) is 0 Å². The van der Waals surface area contributed by atoms with E-state index in [1.54, 1.807) is 12.3 Å². The SMILES string of the molecule is CCC(C)(C)C(O)c1occc1Br. The van der Waals surface area contributed by atoms with E-state index < -0.39 is 6.10 Å². The van der Waals surface area contributed by atoms with Crippen molar-refractivity contribution in [3.05, 3.63) is 22.6 Å². The normalized spacial score (nSPS) is 14.5. The molecule has 0 saturated carbocycles. The quantitative estimate of drug-likeness (QED) is 0.886. The van der Waals surface area contributed by atoms with Gasteiger partial charge in [-0.15, -0.1) is 0 Å². The first-order valence-electron chi connectivity index (χ1n) is 4.40. The molecule has 2 nitrogen and oxygen atoms in total. The number of halogens is 1. The minimum Gasteiger partial charge on any atom is -0.465 e. The maximum Gasteiger partial charge on any atom is 0.146 e. The topological polar surface area (TPSA) is 33.4 Å². The maximum atomic E-state index is 9.99. The Hall–Kier alpha value is -0.280. The van der Waals surface area contributed by atoms with E-state index in [4.69, 9.17) is 4.42 Å². The van der Waals surface area contributed by atoms with Crippen LogP contribution in [0.1, 0.15) is 39.1 Å². The summed E-state index contributed by atoms with van der Waals surface area (Å²) < 4.78 is 6.05. The van der Waals surface area contributed by atoms with Gasteiger partial charge >= 0.3 is 0 Å². The molecule has 0 aromatic carbocycles. The van der Waals surface area contributed by atoms with Crippen LogP contribution in [0.4, 0.5) is 0 Å². The molecule has 13 heavy (non-hydrogen) atoms. The first-order valence-corrected chi connectivity index (χ1v) is 5.19. The molecule has 0 radical (unpaired) electrons. The highest BCUT2D eigenvalue weighted by molar-refractivity contribution is 9.10. The van der Waals surface area contributed by atoms with Crippen molar-refractivity contribution in [1.82, 2.24) is 0 Å². The van der Waals surface area contributed by atoms with Crippen LogP contribution < -0.4 is 0 Å². The third kappa shape index (κ3) is 2.15. The molecule has 1 unspecified atom stereocenters. The summed E-state index contributed by atoms with van der Waals surface area (Å²) >= 11 is 3.33. The second kappa shape index (κ2) is 3.84. The van der Waals surface area contributed by atoms with E-state index in [0.29, 0.717) is 5.76 Å². The molecule has 0 aliphatic carbocycles. The van der Waals surface area contributed by atoms with Gasteiger partial charge in [0.05, 0.1) is 10.7 Å². The summed E-state index contributed by atoms with van der Waals surface area (Å²) in [5.74, 6) is 0.617. The van der Waals surface area contributed by atoms with E-state index >= 15 is 0 Å². The molecular formula is C10H15BrO2. The van der Waals surface area contributed by atoms with Gasteiger partial charge in [0.25, 0.3) is 0 Å². The predicted octanol–water partition coefficient (Wildman–Crippen LogP) is 3.51. The number of aliphatic hydroxyl groups excluding tert-OH is 1. The fraction of sp³-hybridized carbons (Fsp3) is 0.600. The molecule has 1 heterocycles. The van der Waals surface area contributed by atoms with E-state index in [1.807, 2.05) is 13.8 Å². The van der Waals surface area contributed by atoms with Crippen LogP contribution in [-0.2, 0) is 0 Å². The first-order chi connectivity index (χ1) is 5.99. The Morgan fingerprint density at radius 3 is 2.62 bits per heavy atom. The molecule has 1 N–H and O–H groups in total. The Morgan fingerprint density at radius 2 is 2.23 bits per heavy atom. The van der Waals surface area contributed by atoms with Gasteiger partial charge in [0.15, 0.2) is 0 Å². The van der Waals surface area contributed by atoms with Crippen LogP contribution in [0.3, 0.4) is 0 Å². The van der Waals surface area contributed by atoms with Crippen molar-refractivity contribution in [2.24, 2.45) is 5.41 Å². The van der Waals surface area contributed by atoms with Crippen LogP contribution in [0.15, 0.2) is 21.2 Å². The number of hydrogen-bond acceptors (Lipinski definition) is 2. The summed E-state index contributed by atoms with van der Waals surface area (Å²) in [6.45, 7) is 6.10. The van der Waals surface area contributed by atoms with Crippen molar-refractivity contribution in [3.8, 4) is 0 Å². The molecule has 74 valence electrons. The lowest BCUT2D eigenvalue weighted by Crippen LogP contribution is -2.20. The monoisotopic (exact) mass is 246 g/mol. The van der Waals surface area contributed by atoms with Crippen molar-refractivity contribution in [2.45, 2.75) is 33.3 Å². The zero-order valence-electron chi connectivity index (χ0n) is 8.17. The number of rotatable bonds is 3. The average molecular weight is 247 g/mol. The molecule has 0 aliphatic rings. The van der Waals surface area contributed by atoms with Crippen molar-refractivity contribution in [3.63, 3.8) is 0 Å². The molecule has 0 spiro atoms. The summed E-state index contributed by atoms with van der Waals surface area (Å²) in [6, 6.07) is 1.80. The van der Waals surface area contributed by atoms with Crippen molar-refractivity contribution < 1.29 is 9.52 Å². The first kappa shape index (κ1) is 10.8. The third-order valence-electron chi connectivity index (χ3n) is 2.54. The Labute approximate surface area is 87.1 Å². The van der Waals surface area contributed by atoms with Crippen LogP contribution in [-0.4, -0.2) is 5.11 Å². The minimum atomic E-state index is -0.554. The highest BCUT2D eigenvalue weighted by atomic mass is 79.9. The van der Waals surface area contributed by atoms with E-state index in [2.05, 4.69) is 22.9 Å². The van der Waals surface area contributed by atoms with Gasteiger partial charge in [-0.3, -0.25) is 0 Å². The molecule has 0 bridgehead atoms. The van der Waals surface area contributed by atoms with Gasteiger partial charge in [-0.2, -0.15) is 0 Å². The lowest BCUT2D eigenvalue weighted by Gasteiger charge is -2.27. The zero-order valence-corrected chi connectivity index (χ0v) is 9.76. The third-order valence-corrected chi connectivity index (χ3v) is 3.20. The van der Waals surface area contributed by atoms with Crippen LogP contribution in [0.5, 0.6) is 0 Å². The lowest BCUT2D eigenvalue weighted by atomic mass is 9.83. The smallest absolute Gasteiger partial charge is 0.146 e. The Balaban J connectivity index is 2.91. The molecular weight excluding hydrogens is 232 g/mol. The number of aliphatic hydroxyl groups is 1. The highest BCUT2D eigenvalue weighted by Gasteiger charge is 2.30. The van der Waals surface area contributed by atoms with Crippen molar-refractivity contribution in [2.75, 3.05) is 0 Å². The summed E-state index contributed by atoms with van der Waals surface area (Å²) in [4.78, 5) is 0. The second-order valence-electron chi connectivity index (χ2n) is 3.88. The van der Waals surface area contributed by atoms with Crippen LogP contribution in [0, 0.1) is 5.41 Å². The minimum absolute atomic E-state index is 0.152. The second-order valence-corrected chi connectivity index (χ2v) is 4.73. The summed E-state index contributed by atoms with van der Waals surface area (Å²) in [7, 11) is 0. The Morgan fingerprint density at radius 1 is 1.62 bits per heavy atom. The van der Waals surface area contributed by atoms with E-state index in [-0.39, 0.29) is 5.41 Å². The molecule has 0 amide bonds. The number of furan rings is 1.